The van der Waals surface area contributed by atoms with Gasteiger partial charge in [0.2, 0.25) is 17.7 Å². The Morgan fingerprint density at radius 3 is 2.07 bits per heavy atom. The van der Waals surface area contributed by atoms with E-state index in [0.717, 1.165) is 45.9 Å². The van der Waals surface area contributed by atoms with Crippen LogP contribution in [0.3, 0.4) is 0 Å². The van der Waals surface area contributed by atoms with Crippen molar-refractivity contribution in [2.45, 2.75) is 62.7 Å². The molecule has 43 heavy (non-hydrogen) atoms. The number of rotatable bonds is 10. The summed E-state index contributed by atoms with van der Waals surface area (Å²) in [6, 6.07) is 12.1. The Morgan fingerprint density at radius 1 is 0.837 bits per heavy atom. The van der Waals surface area contributed by atoms with Gasteiger partial charge in [-0.25, -0.2) is 4.79 Å². The van der Waals surface area contributed by atoms with E-state index in [1.165, 1.54) is 4.90 Å². The molecule has 4 aromatic rings. The van der Waals surface area contributed by atoms with Crippen molar-refractivity contribution < 1.29 is 24.3 Å². The van der Waals surface area contributed by atoms with Gasteiger partial charge in [0.05, 0.1) is 6.04 Å². The standard InChI is InChI=1S/C32H36N6O5/c39-29(25-11-5-13-33-25)36-26(15-19-17-34-23-9-3-1-7-21(19)23)30(40)37-27(31(41)38-14-6-12-28(38)32(42)43)16-20-18-35-24-10-4-2-8-22(20)24/h1-4,7-10,17-18,25-28,33-35H,5-6,11-16H2,(H,36,39)(H,37,40)(H,42,43). The van der Waals surface area contributed by atoms with Gasteiger partial charge in [0.15, 0.2) is 0 Å². The van der Waals surface area contributed by atoms with E-state index < -0.39 is 35.9 Å². The minimum Gasteiger partial charge on any atom is -0.480 e. The largest absolute Gasteiger partial charge is 0.480 e. The molecule has 2 fully saturated rings. The molecule has 6 rings (SSSR count). The maximum Gasteiger partial charge on any atom is 0.326 e. The van der Waals surface area contributed by atoms with Crippen LogP contribution in [-0.4, -0.2) is 80.9 Å². The number of nitrogens with zero attached hydrogens (tertiary/aromatic N) is 1. The molecule has 0 saturated carbocycles. The van der Waals surface area contributed by atoms with E-state index in [1.807, 2.05) is 60.9 Å². The van der Waals surface area contributed by atoms with Crippen molar-refractivity contribution in [2.24, 2.45) is 0 Å². The first-order valence-corrected chi connectivity index (χ1v) is 14.9. The Balaban J connectivity index is 1.29. The topological polar surface area (TPSA) is 159 Å². The minimum atomic E-state index is -1.06. The first-order chi connectivity index (χ1) is 20.9. The second-order valence-electron chi connectivity index (χ2n) is 11.4. The highest BCUT2D eigenvalue weighted by atomic mass is 16.4. The van der Waals surface area contributed by atoms with Crippen LogP contribution in [0.1, 0.15) is 36.8 Å². The van der Waals surface area contributed by atoms with Crippen LogP contribution in [0.2, 0.25) is 0 Å². The van der Waals surface area contributed by atoms with Crippen LogP contribution in [0, 0.1) is 0 Å². The molecular formula is C32H36N6O5. The summed E-state index contributed by atoms with van der Waals surface area (Å²) in [4.78, 5) is 60.9. The van der Waals surface area contributed by atoms with Crippen LogP contribution in [0.5, 0.6) is 0 Å². The Labute approximate surface area is 248 Å². The first kappa shape index (κ1) is 28.5. The van der Waals surface area contributed by atoms with Crippen molar-refractivity contribution in [2.75, 3.05) is 13.1 Å². The third-order valence-electron chi connectivity index (χ3n) is 8.64. The molecule has 2 aromatic carbocycles. The summed E-state index contributed by atoms with van der Waals surface area (Å²) < 4.78 is 0. The number of hydrogen-bond acceptors (Lipinski definition) is 5. The second kappa shape index (κ2) is 12.3. The van der Waals surface area contributed by atoms with Gasteiger partial charge in [-0.2, -0.15) is 0 Å². The van der Waals surface area contributed by atoms with Gasteiger partial charge in [-0.05, 0) is 55.5 Å². The number of carboxylic acids is 1. The molecule has 2 aliphatic heterocycles. The number of likely N-dealkylation sites (tertiary alicyclic amines) is 1. The fraction of sp³-hybridized carbons (Fsp3) is 0.375. The molecule has 0 radical (unpaired) electrons. The summed E-state index contributed by atoms with van der Waals surface area (Å²) in [6.45, 7) is 1.04. The number of amides is 3. The van der Waals surface area contributed by atoms with Crippen molar-refractivity contribution in [3.8, 4) is 0 Å². The molecule has 11 heteroatoms. The number of nitrogens with one attached hydrogen (secondary N) is 5. The molecular weight excluding hydrogens is 548 g/mol. The maximum atomic E-state index is 14.0. The van der Waals surface area contributed by atoms with Crippen LogP contribution < -0.4 is 16.0 Å². The molecule has 11 nitrogen and oxygen atoms in total. The fourth-order valence-corrected chi connectivity index (χ4v) is 6.39. The van der Waals surface area contributed by atoms with Gasteiger partial charge in [-0.15, -0.1) is 0 Å². The normalized spacial score (nSPS) is 19.9. The lowest BCUT2D eigenvalue weighted by atomic mass is 10.0. The average molecular weight is 585 g/mol. The number of carbonyl (C=O) groups excluding carboxylic acids is 3. The van der Waals surface area contributed by atoms with E-state index >= 15 is 0 Å². The van der Waals surface area contributed by atoms with Gasteiger partial charge >= 0.3 is 5.97 Å². The molecule has 0 aliphatic carbocycles. The molecule has 0 spiro atoms. The third kappa shape index (κ3) is 5.98. The first-order valence-electron chi connectivity index (χ1n) is 14.9. The van der Waals surface area contributed by atoms with Crippen molar-refractivity contribution in [1.82, 2.24) is 30.8 Å². The molecule has 2 saturated heterocycles. The number of carboxylic acid groups (broad SMARTS) is 1. The number of aromatic amines is 2. The molecule has 224 valence electrons. The van der Waals surface area contributed by atoms with E-state index in [0.29, 0.717) is 25.8 Å². The van der Waals surface area contributed by atoms with E-state index in [9.17, 15) is 24.3 Å². The van der Waals surface area contributed by atoms with Gasteiger partial charge in [0.25, 0.3) is 0 Å². The smallest absolute Gasteiger partial charge is 0.326 e. The monoisotopic (exact) mass is 584 g/mol. The maximum absolute atomic E-state index is 14.0. The number of aromatic nitrogens is 2. The van der Waals surface area contributed by atoms with Crippen molar-refractivity contribution in [3.63, 3.8) is 0 Å². The molecule has 0 bridgehead atoms. The number of carbonyl (C=O) groups is 4. The highest BCUT2D eigenvalue weighted by Crippen LogP contribution is 2.24. The molecule has 2 aromatic heterocycles. The Bertz CT molecular complexity index is 1650. The minimum absolute atomic E-state index is 0.162. The zero-order valence-corrected chi connectivity index (χ0v) is 23.8. The Kier molecular flexibility index (Phi) is 8.15. The van der Waals surface area contributed by atoms with Gasteiger partial charge in [-0.1, -0.05) is 36.4 Å². The summed E-state index contributed by atoms with van der Waals surface area (Å²) in [6.07, 6.45) is 6.51. The predicted molar refractivity (Wildman–Crippen MR) is 161 cm³/mol. The number of aliphatic carboxylic acids is 1. The zero-order chi connectivity index (χ0) is 29.9. The zero-order valence-electron chi connectivity index (χ0n) is 23.8. The quantitative estimate of drug-likeness (QED) is 0.168. The number of benzene rings is 2. The number of fused-ring (bicyclic) bond motifs is 2. The van der Waals surface area contributed by atoms with Crippen LogP contribution >= 0.6 is 0 Å². The van der Waals surface area contributed by atoms with E-state index in [-0.39, 0.29) is 24.8 Å². The Morgan fingerprint density at radius 2 is 1.47 bits per heavy atom. The van der Waals surface area contributed by atoms with E-state index in [1.54, 1.807) is 0 Å². The third-order valence-corrected chi connectivity index (χ3v) is 8.64. The predicted octanol–water partition coefficient (Wildman–Crippen LogP) is 2.23. The SMILES string of the molecule is O=C(NC(Cc1c[nH]c2ccccc12)C(=O)NC(Cc1c[nH]c2ccccc12)C(=O)N1CCCC1C(=O)O)C1CCCN1. The van der Waals surface area contributed by atoms with E-state index in [2.05, 4.69) is 25.9 Å². The molecule has 4 unspecified atom stereocenters. The summed E-state index contributed by atoms with van der Waals surface area (Å²) in [7, 11) is 0. The lowest BCUT2D eigenvalue weighted by Crippen LogP contribution is -2.58. The molecule has 4 heterocycles. The second-order valence-corrected chi connectivity index (χ2v) is 11.4. The van der Waals surface area contributed by atoms with Crippen LogP contribution in [0.15, 0.2) is 60.9 Å². The van der Waals surface area contributed by atoms with Crippen LogP contribution in [-0.2, 0) is 32.0 Å². The molecule has 3 amide bonds. The fourth-order valence-electron chi connectivity index (χ4n) is 6.39. The summed E-state index contributed by atoms with van der Waals surface area (Å²) in [5.41, 5.74) is 3.50. The summed E-state index contributed by atoms with van der Waals surface area (Å²) in [5.74, 6) is -2.27. The molecule has 6 N–H and O–H groups in total. The molecule has 2 aliphatic rings. The Hall–Kier alpha value is -4.64. The summed E-state index contributed by atoms with van der Waals surface area (Å²) in [5, 5.41) is 20.7. The van der Waals surface area contributed by atoms with Crippen molar-refractivity contribution in [1.29, 1.82) is 0 Å². The van der Waals surface area contributed by atoms with Gasteiger partial charge in [0.1, 0.15) is 18.1 Å². The van der Waals surface area contributed by atoms with Crippen LogP contribution in [0.25, 0.3) is 21.8 Å². The average Bonchev–Trinajstić information content (AvgIpc) is 3.83. The summed E-state index contributed by atoms with van der Waals surface area (Å²) >= 11 is 0. The lowest BCUT2D eigenvalue weighted by molar-refractivity contribution is -0.149. The van der Waals surface area contributed by atoms with Crippen molar-refractivity contribution >= 4 is 45.5 Å². The molecule has 4 atom stereocenters. The lowest BCUT2D eigenvalue weighted by Gasteiger charge is -2.29. The van der Waals surface area contributed by atoms with Crippen molar-refractivity contribution in [3.05, 3.63) is 72.1 Å². The van der Waals surface area contributed by atoms with Gasteiger partial charge in [-0.3, -0.25) is 14.4 Å². The van der Waals surface area contributed by atoms with Gasteiger partial charge < -0.3 is 35.9 Å². The number of para-hydroxylation sites is 2. The highest BCUT2D eigenvalue weighted by Gasteiger charge is 2.39. The number of H-pyrrole nitrogens is 2. The van der Waals surface area contributed by atoms with E-state index in [4.69, 9.17) is 0 Å². The van der Waals surface area contributed by atoms with Gasteiger partial charge in [0, 0.05) is 53.6 Å². The van der Waals surface area contributed by atoms with Crippen LogP contribution in [0.4, 0.5) is 0 Å². The highest BCUT2D eigenvalue weighted by molar-refractivity contribution is 5.96. The number of hydrogen-bond donors (Lipinski definition) is 6.